The zero-order valence-electron chi connectivity index (χ0n) is 13.6. The number of benzene rings is 1. The Morgan fingerprint density at radius 3 is 2.48 bits per heavy atom. The van der Waals surface area contributed by atoms with Gasteiger partial charge < -0.3 is 23.7 Å². The molecule has 1 unspecified atom stereocenters. The lowest BCUT2D eigenvalue weighted by Crippen LogP contribution is -2.36. The van der Waals surface area contributed by atoms with Crippen LogP contribution in [0.4, 0.5) is 0 Å². The van der Waals surface area contributed by atoms with Crippen molar-refractivity contribution in [1.82, 2.24) is 5.09 Å². The summed E-state index contributed by atoms with van der Waals surface area (Å²) in [5.41, 5.74) is 0. The number of nitrogens with one attached hydrogen (secondary N) is 1. The summed E-state index contributed by atoms with van der Waals surface area (Å²) in [5, 5.41) is 12.4. The fraction of sp³-hybridized carbons (Fsp3) is 0.533. The third-order valence-corrected chi connectivity index (χ3v) is 4.32. The van der Waals surface area contributed by atoms with E-state index in [1.54, 1.807) is 32.9 Å². The second kappa shape index (κ2) is 10.7. The normalized spacial score (nSPS) is 17.7. The average Bonchev–Trinajstić information content (AvgIpc) is 2.52. The van der Waals surface area contributed by atoms with Crippen LogP contribution in [-0.4, -0.2) is 50.1 Å². The minimum absolute atomic E-state index is 0.236. The van der Waals surface area contributed by atoms with Crippen molar-refractivity contribution in [2.24, 2.45) is 0 Å². The van der Waals surface area contributed by atoms with Gasteiger partial charge in [0.05, 0.1) is 18.8 Å². The summed E-state index contributed by atoms with van der Waals surface area (Å²) in [6.07, 6.45) is -0.306. The molecule has 6 nitrogen and oxygen atoms in total. The fourth-order valence-corrected chi connectivity index (χ4v) is 2.95. The summed E-state index contributed by atoms with van der Waals surface area (Å²) in [5.74, 6) is 0.616. The number of rotatable bonds is 11. The zero-order chi connectivity index (χ0) is 17.2. The Morgan fingerprint density at radius 2 is 1.96 bits per heavy atom. The van der Waals surface area contributed by atoms with E-state index in [2.05, 4.69) is 5.09 Å². The van der Waals surface area contributed by atoms with Crippen LogP contribution in [0.2, 0.25) is 0 Å². The third kappa shape index (κ3) is 7.91. The molecule has 0 bridgehead atoms. The van der Waals surface area contributed by atoms with Gasteiger partial charge in [-0.2, -0.15) is 0 Å². The van der Waals surface area contributed by atoms with Gasteiger partial charge in [0.25, 0.3) is 0 Å². The number of hydrogen-bond acceptors (Lipinski definition) is 6. The average molecular weight is 339 g/mol. The van der Waals surface area contributed by atoms with E-state index in [4.69, 9.17) is 21.6 Å². The minimum Gasteiger partial charge on any atom is -0.436 e. The maximum Gasteiger partial charge on any atom is 0.319 e. The van der Waals surface area contributed by atoms with Gasteiger partial charge in [-0.3, -0.25) is 0 Å². The topological polar surface area (TPSA) is 77.0 Å². The molecule has 0 aliphatic carbocycles. The van der Waals surface area contributed by atoms with Crippen molar-refractivity contribution in [2.75, 3.05) is 6.61 Å². The van der Waals surface area contributed by atoms with Gasteiger partial charge in [0.1, 0.15) is 26.0 Å². The Kier molecular flexibility index (Phi) is 9.37. The van der Waals surface area contributed by atoms with E-state index in [1.165, 1.54) is 0 Å². The Morgan fingerprint density at radius 1 is 1.30 bits per heavy atom. The first-order valence-electron chi connectivity index (χ1n) is 7.39. The number of para-hydroxylation sites is 1. The van der Waals surface area contributed by atoms with Gasteiger partial charge in [-0.1, -0.05) is 18.2 Å². The van der Waals surface area contributed by atoms with E-state index in [0.29, 0.717) is 5.75 Å². The summed E-state index contributed by atoms with van der Waals surface area (Å²) in [7, 11) is 3.99. The smallest absolute Gasteiger partial charge is 0.319 e. The van der Waals surface area contributed by atoms with Crippen LogP contribution in [0.3, 0.4) is 0 Å². The van der Waals surface area contributed by atoms with Gasteiger partial charge >= 0.3 is 8.53 Å². The molecule has 0 spiro atoms. The van der Waals surface area contributed by atoms with Crippen LogP contribution in [0.25, 0.3) is 0 Å². The molecule has 23 heavy (non-hydrogen) atoms. The lowest BCUT2D eigenvalue weighted by molar-refractivity contribution is -0.109. The number of hydrogen-bond donors (Lipinski definition) is 2. The van der Waals surface area contributed by atoms with Crippen molar-refractivity contribution >= 4 is 22.7 Å². The molecule has 2 N–H and O–H groups in total. The van der Waals surface area contributed by atoms with E-state index in [0.717, 1.165) is 6.29 Å². The van der Waals surface area contributed by atoms with E-state index < -0.39 is 32.8 Å². The molecule has 0 fully saturated rings. The number of ether oxygens (including phenoxy) is 1. The highest BCUT2D eigenvalue weighted by Crippen LogP contribution is 2.38. The molecule has 2 radical (unpaired) electrons. The molecule has 5 atom stereocenters. The Bertz CT molecular complexity index is 451. The van der Waals surface area contributed by atoms with E-state index in [-0.39, 0.29) is 6.61 Å². The van der Waals surface area contributed by atoms with Crippen LogP contribution in [0.15, 0.2) is 30.3 Å². The lowest BCUT2D eigenvalue weighted by atomic mass is 10.0. The first-order chi connectivity index (χ1) is 11.0. The van der Waals surface area contributed by atoms with E-state index >= 15 is 0 Å². The highest BCUT2D eigenvalue weighted by molar-refractivity contribution is 7.45. The number of aliphatic hydroxyl groups excluding tert-OH is 1. The van der Waals surface area contributed by atoms with Gasteiger partial charge in [0.2, 0.25) is 0 Å². The van der Waals surface area contributed by atoms with E-state index in [9.17, 15) is 9.90 Å². The number of carbonyl (C=O) groups excluding carboxylic acids is 1. The van der Waals surface area contributed by atoms with Crippen LogP contribution in [0.5, 0.6) is 5.75 Å². The highest BCUT2D eigenvalue weighted by atomic mass is 31.2. The maximum absolute atomic E-state index is 10.9. The highest BCUT2D eigenvalue weighted by Gasteiger charge is 2.26. The van der Waals surface area contributed by atoms with Crippen LogP contribution in [-0.2, 0) is 14.1 Å². The number of aldehydes is 1. The van der Waals surface area contributed by atoms with Crippen molar-refractivity contribution in [3.8, 4) is 5.75 Å². The van der Waals surface area contributed by atoms with Crippen molar-refractivity contribution in [2.45, 2.75) is 45.0 Å². The SMILES string of the molecule is [B][C@@H](C)O[C@H](CO)[C@H](C)OP(N[C@H](C)C=O)Oc1ccccc1. The van der Waals surface area contributed by atoms with Crippen LogP contribution in [0.1, 0.15) is 20.8 Å². The predicted molar refractivity (Wildman–Crippen MR) is 90.4 cm³/mol. The molecule has 0 aromatic heterocycles. The van der Waals surface area contributed by atoms with E-state index in [1.807, 2.05) is 18.2 Å². The van der Waals surface area contributed by atoms with Crippen LogP contribution >= 0.6 is 8.53 Å². The minimum atomic E-state index is -1.60. The largest absolute Gasteiger partial charge is 0.436 e. The molecule has 0 amide bonds. The van der Waals surface area contributed by atoms with Crippen LogP contribution < -0.4 is 9.61 Å². The first kappa shape index (κ1) is 20.1. The molecule has 1 aromatic carbocycles. The van der Waals surface area contributed by atoms with Gasteiger partial charge in [-0.15, -0.1) is 0 Å². The second-order valence-corrected chi connectivity index (χ2v) is 6.25. The zero-order valence-corrected chi connectivity index (χ0v) is 14.5. The molecule has 1 rings (SSSR count). The molecule has 126 valence electrons. The van der Waals surface area contributed by atoms with Crippen molar-refractivity contribution in [1.29, 1.82) is 0 Å². The summed E-state index contributed by atoms with van der Waals surface area (Å²) in [6, 6.07) is 8.17. The van der Waals surface area contributed by atoms with Gasteiger partial charge in [0, 0.05) is 6.00 Å². The first-order valence-corrected chi connectivity index (χ1v) is 8.57. The molecular weight excluding hydrogens is 316 g/mol. The monoisotopic (exact) mass is 339 g/mol. The molecule has 0 aliphatic rings. The van der Waals surface area contributed by atoms with Gasteiger partial charge in [-0.25, -0.2) is 5.09 Å². The standard InChI is InChI=1S/C15H23BNO5P/c1-11(9-18)17-23(22-14-7-5-4-6-8-14)21-12(2)15(10-19)20-13(3)16/h4-9,11-13,15,17,19H,10H2,1-3H3/t11-,12+,13-,15-,23?/m1/s1. The third-order valence-electron chi connectivity index (χ3n) is 2.80. The fourth-order valence-electron chi connectivity index (χ4n) is 1.65. The quantitative estimate of drug-likeness (QED) is 0.364. The maximum atomic E-state index is 10.9. The summed E-state index contributed by atoms with van der Waals surface area (Å²) >= 11 is 0. The summed E-state index contributed by atoms with van der Waals surface area (Å²) < 4.78 is 17.0. The molecule has 8 heteroatoms. The van der Waals surface area contributed by atoms with Gasteiger partial charge in [0.15, 0.2) is 0 Å². The molecular formula is C15H23BNO5P. The Labute approximate surface area is 139 Å². The number of aliphatic hydroxyl groups is 1. The summed E-state index contributed by atoms with van der Waals surface area (Å²) in [4.78, 5) is 10.9. The molecule has 0 saturated carbocycles. The summed E-state index contributed by atoms with van der Waals surface area (Å²) in [6.45, 7) is 4.89. The van der Waals surface area contributed by atoms with Crippen molar-refractivity contribution < 1.29 is 23.7 Å². The Balaban J connectivity index is 2.72. The molecule has 0 heterocycles. The molecule has 0 aliphatic heterocycles. The molecule has 1 aromatic rings. The van der Waals surface area contributed by atoms with Crippen molar-refractivity contribution in [3.05, 3.63) is 30.3 Å². The predicted octanol–water partition coefficient (Wildman–Crippen LogP) is 1.77. The second-order valence-electron chi connectivity index (χ2n) is 5.09. The van der Waals surface area contributed by atoms with Crippen molar-refractivity contribution in [3.63, 3.8) is 0 Å². The number of carbonyl (C=O) groups is 1. The Hall–Kier alpha value is -0.975. The van der Waals surface area contributed by atoms with Gasteiger partial charge in [-0.05, 0) is 32.9 Å². The lowest BCUT2D eigenvalue weighted by Gasteiger charge is -2.28. The molecule has 0 saturated heterocycles. The van der Waals surface area contributed by atoms with Crippen LogP contribution in [0, 0.1) is 0 Å².